The number of pyridine rings is 1. The molecule has 2 aliphatic rings. The molecule has 184 valence electrons. The Morgan fingerprint density at radius 3 is 2.46 bits per heavy atom. The van der Waals surface area contributed by atoms with Crippen LogP contribution in [0.4, 0.5) is 11.4 Å². The summed E-state index contributed by atoms with van der Waals surface area (Å²) in [4.78, 5) is 56.7. The molecule has 10 heteroatoms. The molecule has 0 spiro atoms. The Morgan fingerprint density at radius 2 is 1.80 bits per heavy atom. The molecule has 35 heavy (non-hydrogen) atoms. The lowest BCUT2D eigenvalue weighted by Crippen LogP contribution is -2.46. The SMILES string of the molecule is C[C@@H]1CC[C@@H](c2ccc(N[C@@H]3CCN(C)C3=O)cc2)N(C(=O)C(=O)Nc2cncc(C(N)=O)c2)C1. The lowest BCUT2D eigenvalue weighted by molar-refractivity contribution is -0.146. The number of carbonyl (C=O) groups is 4. The molecule has 2 fully saturated rings. The number of carbonyl (C=O) groups excluding carboxylic acids is 4. The highest BCUT2D eigenvalue weighted by Crippen LogP contribution is 2.34. The number of anilines is 2. The molecule has 2 saturated heterocycles. The zero-order valence-corrected chi connectivity index (χ0v) is 19.9. The summed E-state index contributed by atoms with van der Waals surface area (Å²) in [7, 11) is 1.80. The van der Waals surface area contributed by atoms with E-state index in [4.69, 9.17) is 5.73 Å². The molecule has 2 aliphatic heterocycles. The maximum absolute atomic E-state index is 13.2. The Kier molecular flexibility index (Phi) is 6.99. The Labute approximate surface area is 203 Å². The fourth-order valence-electron chi connectivity index (χ4n) is 4.64. The number of likely N-dealkylation sites (tertiary alicyclic amines) is 2. The topological polar surface area (TPSA) is 138 Å². The van der Waals surface area contributed by atoms with Crippen LogP contribution >= 0.6 is 0 Å². The van der Waals surface area contributed by atoms with Crippen molar-refractivity contribution >= 4 is 35.0 Å². The summed E-state index contributed by atoms with van der Waals surface area (Å²) in [6.07, 6.45) is 5.07. The van der Waals surface area contributed by atoms with Gasteiger partial charge in [0.25, 0.3) is 0 Å². The van der Waals surface area contributed by atoms with E-state index < -0.39 is 17.7 Å². The summed E-state index contributed by atoms with van der Waals surface area (Å²) in [5.74, 6) is -1.78. The summed E-state index contributed by atoms with van der Waals surface area (Å²) < 4.78 is 0. The number of nitrogens with one attached hydrogen (secondary N) is 2. The van der Waals surface area contributed by atoms with Crippen LogP contribution in [0, 0.1) is 5.92 Å². The minimum absolute atomic E-state index is 0.0784. The van der Waals surface area contributed by atoms with E-state index in [1.807, 2.05) is 24.3 Å². The highest BCUT2D eigenvalue weighted by Gasteiger charge is 2.34. The van der Waals surface area contributed by atoms with Crippen LogP contribution < -0.4 is 16.4 Å². The number of hydrogen-bond acceptors (Lipinski definition) is 6. The lowest BCUT2D eigenvalue weighted by atomic mass is 9.89. The van der Waals surface area contributed by atoms with Crippen LogP contribution in [0.5, 0.6) is 0 Å². The highest BCUT2D eigenvalue weighted by molar-refractivity contribution is 6.39. The number of primary amides is 1. The molecule has 3 heterocycles. The van der Waals surface area contributed by atoms with Crippen molar-refractivity contribution in [3.63, 3.8) is 0 Å². The summed E-state index contributed by atoms with van der Waals surface area (Å²) in [5.41, 5.74) is 7.39. The Balaban J connectivity index is 1.46. The molecule has 4 amide bonds. The van der Waals surface area contributed by atoms with E-state index >= 15 is 0 Å². The number of nitrogens with two attached hydrogens (primary N) is 1. The van der Waals surface area contributed by atoms with E-state index in [-0.39, 0.29) is 35.2 Å². The van der Waals surface area contributed by atoms with Gasteiger partial charge in [0, 0.05) is 32.0 Å². The van der Waals surface area contributed by atoms with Gasteiger partial charge in [0.15, 0.2) is 0 Å². The first kappa shape index (κ1) is 24.2. The van der Waals surface area contributed by atoms with Gasteiger partial charge in [-0.3, -0.25) is 24.2 Å². The Morgan fingerprint density at radius 1 is 1.06 bits per heavy atom. The third-order valence-electron chi connectivity index (χ3n) is 6.62. The number of aromatic nitrogens is 1. The van der Waals surface area contributed by atoms with Gasteiger partial charge in [0.1, 0.15) is 6.04 Å². The fraction of sp³-hybridized carbons (Fsp3) is 0.400. The second-order valence-electron chi connectivity index (χ2n) is 9.30. The van der Waals surface area contributed by atoms with Crippen LogP contribution in [0.25, 0.3) is 0 Å². The van der Waals surface area contributed by atoms with Crippen molar-refractivity contribution in [1.82, 2.24) is 14.8 Å². The average molecular weight is 479 g/mol. The predicted molar refractivity (Wildman–Crippen MR) is 130 cm³/mol. The van der Waals surface area contributed by atoms with Gasteiger partial charge in [-0.25, -0.2) is 0 Å². The van der Waals surface area contributed by atoms with Gasteiger partial charge in [-0.05, 0) is 48.9 Å². The third kappa shape index (κ3) is 5.42. The van der Waals surface area contributed by atoms with E-state index in [1.54, 1.807) is 16.8 Å². The molecular formula is C25H30N6O4. The quantitative estimate of drug-likeness (QED) is 0.560. The number of nitrogens with zero attached hydrogens (tertiary/aromatic N) is 3. The van der Waals surface area contributed by atoms with Crippen molar-refractivity contribution in [1.29, 1.82) is 0 Å². The van der Waals surface area contributed by atoms with E-state index in [2.05, 4.69) is 22.5 Å². The van der Waals surface area contributed by atoms with Gasteiger partial charge < -0.3 is 26.2 Å². The number of rotatable bonds is 5. The largest absolute Gasteiger partial charge is 0.374 e. The molecule has 10 nitrogen and oxygen atoms in total. The molecule has 1 aromatic carbocycles. The maximum atomic E-state index is 13.2. The van der Waals surface area contributed by atoms with E-state index in [1.165, 1.54) is 18.5 Å². The van der Waals surface area contributed by atoms with Gasteiger partial charge >= 0.3 is 11.8 Å². The lowest BCUT2D eigenvalue weighted by Gasteiger charge is -2.38. The van der Waals surface area contributed by atoms with E-state index in [0.29, 0.717) is 6.54 Å². The molecule has 0 saturated carbocycles. The molecule has 4 N–H and O–H groups in total. The van der Waals surface area contributed by atoms with Crippen LogP contribution in [-0.4, -0.2) is 64.6 Å². The molecule has 0 bridgehead atoms. The molecule has 0 aliphatic carbocycles. The minimum Gasteiger partial charge on any atom is -0.374 e. The van der Waals surface area contributed by atoms with Crippen LogP contribution in [0.1, 0.15) is 48.1 Å². The molecule has 0 radical (unpaired) electrons. The van der Waals surface area contributed by atoms with Gasteiger partial charge in [0.2, 0.25) is 11.8 Å². The number of benzene rings is 1. The van der Waals surface area contributed by atoms with E-state index in [0.717, 1.165) is 37.1 Å². The second-order valence-corrected chi connectivity index (χ2v) is 9.30. The average Bonchev–Trinajstić information content (AvgIpc) is 3.16. The van der Waals surface area contributed by atoms with Crippen molar-refractivity contribution in [2.75, 3.05) is 30.8 Å². The summed E-state index contributed by atoms with van der Waals surface area (Å²) in [6.45, 7) is 3.24. The van der Waals surface area contributed by atoms with Gasteiger partial charge in [0.05, 0.1) is 23.5 Å². The maximum Gasteiger partial charge on any atom is 0.313 e. The molecule has 3 atom stereocenters. The zero-order chi connectivity index (χ0) is 25.1. The van der Waals surface area contributed by atoms with Crippen LogP contribution in [0.15, 0.2) is 42.7 Å². The van der Waals surface area contributed by atoms with Crippen LogP contribution in [-0.2, 0) is 14.4 Å². The van der Waals surface area contributed by atoms with Crippen molar-refractivity contribution in [3.05, 3.63) is 53.9 Å². The first-order valence-electron chi connectivity index (χ1n) is 11.7. The van der Waals surface area contributed by atoms with Crippen LogP contribution in [0.2, 0.25) is 0 Å². The van der Waals surface area contributed by atoms with Crippen molar-refractivity contribution < 1.29 is 19.2 Å². The van der Waals surface area contributed by atoms with Gasteiger partial charge in [-0.1, -0.05) is 19.1 Å². The molecular weight excluding hydrogens is 448 g/mol. The van der Waals surface area contributed by atoms with Gasteiger partial charge in [-0.2, -0.15) is 0 Å². The molecule has 2 aromatic rings. The van der Waals surface area contributed by atoms with Crippen molar-refractivity contribution in [3.8, 4) is 0 Å². The Bertz CT molecular complexity index is 1140. The van der Waals surface area contributed by atoms with E-state index in [9.17, 15) is 19.2 Å². The predicted octanol–water partition coefficient (Wildman–Crippen LogP) is 1.76. The normalized spacial score (nSPS) is 22.1. The molecule has 1 aromatic heterocycles. The van der Waals surface area contributed by atoms with Crippen molar-refractivity contribution in [2.24, 2.45) is 11.7 Å². The first-order chi connectivity index (χ1) is 16.7. The monoisotopic (exact) mass is 478 g/mol. The minimum atomic E-state index is -0.797. The fourth-order valence-corrected chi connectivity index (χ4v) is 4.64. The number of likely N-dealkylation sites (N-methyl/N-ethyl adjacent to an activating group) is 1. The summed E-state index contributed by atoms with van der Waals surface area (Å²) in [5, 5.41) is 5.81. The number of hydrogen-bond donors (Lipinski definition) is 3. The van der Waals surface area contributed by atoms with Crippen molar-refractivity contribution in [2.45, 2.75) is 38.3 Å². The second kappa shape index (κ2) is 10.1. The van der Waals surface area contributed by atoms with Gasteiger partial charge in [-0.15, -0.1) is 0 Å². The molecule has 4 rings (SSSR count). The summed E-state index contributed by atoms with van der Waals surface area (Å²) >= 11 is 0. The van der Waals surface area contributed by atoms with Crippen LogP contribution in [0.3, 0.4) is 0 Å². The first-order valence-corrected chi connectivity index (χ1v) is 11.7. The standard InChI is InChI=1S/C25H30N6O4/c1-15-3-8-21(16-4-6-18(7-5-16)28-20-9-10-30(2)24(20)34)31(14-15)25(35)23(33)29-19-11-17(22(26)32)12-27-13-19/h4-7,11-13,15,20-21,28H,3,8-10,14H2,1-2H3,(H2,26,32)(H,29,33)/t15-,20-,21+/m1/s1. The number of amides is 4. The zero-order valence-electron chi connectivity index (χ0n) is 19.9. The molecule has 0 unspecified atom stereocenters. The summed E-state index contributed by atoms with van der Waals surface area (Å²) in [6, 6.07) is 8.59. The smallest absolute Gasteiger partial charge is 0.313 e. The number of piperidine rings is 1. The highest BCUT2D eigenvalue weighted by atomic mass is 16.2. The Hall–Kier alpha value is -3.95. The third-order valence-corrected chi connectivity index (χ3v) is 6.62.